The van der Waals surface area contributed by atoms with Crippen LogP contribution in [0.3, 0.4) is 0 Å². The third-order valence-corrected chi connectivity index (χ3v) is 6.04. The molecule has 0 spiro atoms. The number of benzene rings is 2. The summed E-state index contributed by atoms with van der Waals surface area (Å²) < 4.78 is 31.1. The van der Waals surface area contributed by atoms with Crippen LogP contribution >= 0.6 is 15.9 Å². The molecular formula is C18H18BrN3O2S. The van der Waals surface area contributed by atoms with Crippen molar-refractivity contribution in [2.75, 3.05) is 4.72 Å². The number of nitrogens with one attached hydrogen (secondary N) is 1. The molecule has 0 aliphatic carbocycles. The highest BCUT2D eigenvalue weighted by Crippen LogP contribution is 2.27. The van der Waals surface area contributed by atoms with Crippen molar-refractivity contribution in [2.45, 2.75) is 25.7 Å². The average molecular weight is 420 g/mol. The molecule has 0 radical (unpaired) electrons. The highest BCUT2D eigenvalue weighted by atomic mass is 79.9. The number of aryl methyl sites for hydroxylation is 2. The number of hydrogen-bond donors (Lipinski definition) is 1. The zero-order valence-corrected chi connectivity index (χ0v) is 16.5. The highest BCUT2D eigenvalue weighted by molar-refractivity contribution is 9.10. The van der Waals surface area contributed by atoms with Crippen molar-refractivity contribution in [3.05, 3.63) is 70.0 Å². The molecule has 25 heavy (non-hydrogen) atoms. The predicted molar refractivity (Wildman–Crippen MR) is 103 cm³/mol. The summed E-state index contributed by atoms with van der Waals surface area (Å²) in [6.45, 7) is 5.32. The highest BCUT2D eigenvalue weighted by Gasteiger charge is 2.25. The molecular weight excluding hydrogens is 402 g/mol. The average Bonchev–Trinajstić information content (AvgIpc) is 2.86. The van der Waals surface area contributed by atoms with Gasteiger partial charge in [-0.15, -0.1) is 0 Å². The molecule has 0 unspecified atom stereocenters. The van der Waals surface area contributed by atoms with Crippen molar-refractivity contribution in [2.24, 2.45) is 0 Å². The van der Waals surface area contributed by atoms with Crippen molar-refractivity contribution in [1.82, 2.24) is 9.78 Å². The summed E-state index contributed by atoms with van der Waals surface area (Å²) >= 11 is 3.38. The molecule has 3 aromatic rings. The van der Waals surface area contributed by atoms with E-state index in [1.54, 1.807) is 30.7 Å². The van der Waals surface area contributed by atoms with Gasteiger partial charge in [-0.05, 0) is 56.7 Å². The Hall–Kier alpha value is -2.12. The molecule has 2 aromatic carbocycles. The van der Waals surface area contributed by atoms with E-state index in [1.807, 2.05) is 43.3 Å². The molecule has 0 fully saturated rings. The maximum absolute atomic E-state index is 12.9. The van der Waals surface area contributed by atoms with Gasteiger partial charge in [-0.1, -0.05) is 34.1 Å². The first-order chi connectivity index (χ1) is 11.8. The van der Waals surface area contributed by atoms with E-state index in [2.05, 4.69) is 25.8 Å². The van der Waals surface area contributed by atoms with E-state index >= 15 is 0 Å². The summed E-state index contributed by atoms with van der Waals surface area (Å²) in [4.78, 5) is 0.207. The summed E-state index contributed by atoms with van der Waals surface area (Å²) in [6.07, 6.45) is 0. The summed E-state index contributed by atoms with van der Waals surface area (Å²) in [7, 11) is -3.75. The van der Waals surface area contributed by atoms with Gasteiger partial charge in [-0.2, -0.15) is 5.10 Å². The number of sulfonamides is 1. The maximum Gasteiger partial charge on any atom is 0.265 e. The number of halogens is 1. The lowest BCUT2D eigenvalue weighted by Gasteiger charge is -2.11. The van der Waals surface area contributed by atoms with Crippen LogP contribution in [0.2, 0.25) is 0 Å². The van der Waals surface area contributed by atoms with E-state index in [0.717, 1.165) is 15.7 Å². The van der Waals surface area contributed by atoms with Crippen LogP contribution in [0.15, 0.2) is 57.9 Å². The Kier molecular flexibility index (Phi) is 4.71. The second kappa shape index (κ2) is 6.65. The van der Waals surface area contributed by atoms with E-state index in [-0.39, 0.29) is 4.90 Å². The van der Waals surface area contributed by atoms with E-state index < -0.39 is 10.0 Å². The number of aromatic nitrogens is 2. The van der Waals surface area contributed by atoms with Crippen molar-refractivity contribution in [1.29, 1.82) is 0 Å². The number of nitrogens with zero attached hydrogens (tertiary/aromatic N) is 2. The Morgan fingerprint density at radius 3 is 2.36 bits per heavy atom. The molecule has 1 aromatic heterocycles. The topological polar surface area (TPSA) is 64.0 Å². The molecule has 0 aliphatic rings. The first kappa shape index (κ1) is 17.7. The molecule has 0 saturated heterocycles. The predicted octanol–water partition coefficient (Wildman–Crippen LogP) is 4.36. The molecule has 1 N–H and O–H groups in total. The minimum Gasteiger partial charge on any atom is -0.279 e. The Balaban J connectivity index is 2.05. The minimum atomic E-state index is -3.75. The molecule has 1 heterocycles. The second-order valence-electron chi connectivity index (χ2n) is 5.81. The van der Waals surface area contributed by atoms with E-state index in [0.29, 0.717) is 17.1 Å². The van der Waals surface area contributed by atoms with Gasteiger partial charge in [0.25, 0.3) is 10.0 Å². The van der Waals surface area contributed by atoms with Gasteiger partial charge in [0.05, 0.1) is 22.8 Å². The smallest absolute Gasteiger partial charge is 0.265 e. The van der Waals surface area contributed by atoms with Crippen molar-refractivity contribution in [3.8, 4) is 5.69 Å². The molecule has 0 bridgehead atoms. The Morgan fingerprint density at radius 2 is 1.72 bits per heavy atom. The van der Waals surface area contributed by atoms with Crippen LogP contribution in [0.4, 0.5) is 5.69 Å². The summed E-state index contributed by atoms with van der Waals surface area (Å²) in [5, 5.41) is 4.41. The Bertz CT molecular complexity index is 1030. The van der Waals surface area contributed by atoms with E-state index in [9.17, 15) is 8.42 Å². The summed E-state index contributed by atoms with van der Waals surface area (Å²) in [5.74, 6) is 0. The second-order valence-corrected chi connectivity index (χ2v) is 8.35. The number of hydrogen-bond acceptors (Lipinski definition) is 3. The fourth-order valence-corrected chi connectivity index (χ4v) is 4.78. The maximum atomic E-state index is 12.9. The normalized spacial score (nSPS) is 11.5. The molecule has 0 atom stereocenters. The van der Waals surface area contributed by atoms with Gasteiger partial charge in [0.1, 0.15) is 4.90 Å². The summed E-state index contributed by atoms with van der Waals surface area (Å²) in [5.41, 5.74) is 3.25. The third-order valence-electron chi connectivity index (χ3n) is 3.93. The first-order valence-electron chi connectivity index (χ1n) is 7.70. The molecule has 5 nitrogen and oxygen atoms in total. The van der Waals surface area contributed by atoms with Crippen LogP contribution in [0.1, 0.15) is 17.0 Å². The van der Waals surface area contributed by atoms with Crippen LogP contribution in [0.25, 0.3) is 5.69 Å². The number of para-hydroxylation sites is 1. The van der Waals surface area contributed by atoms with E-state index in [4.69, 9.17) is 0 Å². The van der Waals surface area contributed by atoms with Crippen LogP contribution in [-0.4, -0.2) is 18.2 Å². The van der Waals surface area contributed by atoms with Gasteiger partial charge in [0.15, 0.2) is 0 Å². The molecule has 3 rings (SSSR count). The van der Waals surface area contributed by atoms with Gasteiger partial charge in [-0.3, -0.25) is 4.72 Å². The third kappa shape index (κ3) is 3.48. The van der Waals surface area contributed by atoms with Gasteiger partial charge < -0.3 is 0 Å². The lowest BCUT2D eigenvalue weighted by atomic mass is 10.2. The molecule has 7 heteroatoms. The molecule has 0 saturated carbocycles. The van der Waals surface area contributed by atoms with Crippen LogP contribution in [-0.2, 0) is 10.0 Å². The fraction of sp³-hybridized carbons (Fsp3) is 0.167. The SMILES string of the molecule is Cc1cc(Br)ccc1NS(=O)(=O)c1c(C)nn(-c2ccccc2)c1C. The largest absolute Gasteiger partial charge is 0.279 e. The van der Waals surface area contributed by atoms with Gasteiger partial charge in [0.2, 0.25) is 0 Å². The molecule has 0 amide bonds. The lowest BCUT2D eigenvalue weighted by molar-refractivity contribution is 0.600. The van der Waals surface area contributed by atoms with Crippen molar-refractivity contribution < 1.29 is 8.42 Å². The van der Waals surface area contributed by atoms with Crippen molar-refractivity contribution in [3.63, 3.8) is 0 Å². The number of rotatable bonds is 4. The quantitative estimate of drug-likeness (QED) is 0.682. The minimum absolute atomic E-state index is 0.207. The molecule has 130 valence electrons. The van der Waals surface area contributed by atoms with Gasteiger partial charge >= 0.3 is 0 Å². The molecule has 0 aliphatic heterocycles. The van der Waals surface area contributed by atoms with Gasteiger partial charge in [0, 0.05) is 4.47 Å². The Labute approximate surface area is 155 Å². The van der Waals surface area contributed by atoms with Gasteiger partial charge in [-0.25, -0.2) is 13.1 Å². The van der Waals surface area contributed by atoms with Crippen LogP contribution in [0.5, 0.6) is 0 Å². The Morgan fingerprint density at radius 1 is 1.04 bits per heavy atom. The first-order valence-corrected chi connectivity index (χ1v) is 9.98. The van der Waals surface area contributed by atoms with Crippen LogP contribution < -0.4 is 4.72 Å². The monoisotopic (exact) mass is 419 g/mol. The van der Waals surface area contributed by atoms with E-state index in [1.165, 1.54) is 0 Å². The standard InChI is InChI=1S/C18H18BrN3O2S/c1-12-11-15(19)9-10-17(12)21-25(23,24)18-13(2)20-22(14(18)3)16-7-5-4-6-8-16/h4-11,21H,1-3H3. The zero-order chi connectivity index (χ0) is 18.2. The van der Waals surface area contributed by atoms with Crippen LogP contribution in [0, 0.1) is 20.8 Å². The number of anilines is 1. The fourth-order valence-electron chi connectivity index (χ4n) is 2.78. The van der Waals surface area contributed by atoms with Crippen molar-refractivity contribution >= 4 is 31.6 Å². The zero-order valence-electron chi connectivity index (χ0n) is 14.1. The lowest BCUT2D eigenvalue weighted by Crippen LogP contribution is -2.15. The summed E-state index contributed by atoms with van der Waals surface area (Å²) in [6, 6.07) is 14.9.